The number of hydrogen-bond acceptors (Lipinski definition) is 7. The molecule has 0 aliphatic carbocycles. The molecule has 0 radical (unpaired) electrons. The molecule has 162 valence electrons. The van der Waals surface area contributed by atoms with Gasteiger partial charge in [-0.2, -0.15) is 12.6 Å². The molecule has 0 aromatic rings. The summed E-state index contributed by atoms with van der Waals surface area (Å²) in [6.45, 7) is 3.52. The molecule has 4 atom stereocenters. The Morgan fingerprint density at radius 1 is 1.07 bits per heavy atom. The summed E-state index contributed by atoms with van der Waals surface area (Å²) in [6, 6.07) is -2.68. The SMILES string of the molecule is CCC(C)C(NC(=O)C(CCCCN)NC(=O)C(N)CS)C(=O)NCC(=O)O. The molecule has 0 fully saturated rings. The number of nitrogens with two attached hydrogens (primary N) is 2. The van der Waals surface area contributed by atoms with Crippen LogP contribution in [0.4, 0.5) is 0 Å². The van der Waals surface area contributed by atoms with Crippen molar-refractivity contribution in [2.75, 3.05) is 18.8 Å². The minimum absolute atomic E-state index is 0.121. The van der Waals surface area contributed by atoms with Crippen LogP contribution in [0.25, 0.3) is 0 Å². The zero-order valence-electron chi connectivity index (χ0n) is 16.4. The van der Waals surface area contributed by atoms with E-state index in [2.05, 4.69) is 28.6 Å². The van der Waals surface area contributed by atoms with Crippen LogP contribution in [0.15, 0.2) is 0 Å². The number of amides is 3. The number of thiol groups is 1. The smallest absolute Gasteiger partial charge is 0.322 e. The first kappa shape index (κ1) is 26.1. The van der Waals surface area contributed by atoms with E-state index >= 15 is 0 Å². The summed E-state index contributed by atoms with van der Waals surface area (Å²) in [5.74, 6) is -2.95. The van der Waals surface area contributed by atoms with E-state index < -0.39 is 48.4 Å². The standard InChI is InChI=1S/C17H33N5O5S/c1-3-10(2)14(17(27)20-8-13(23)24)22-16(26)12(6-4-5-7-18)21-15(25)11(19)9-28/h10-12,14,28H,3-9,18-19H2,1-2H3,(H,20,27)(H,21,25)(H,22,26)(H,23,24). The van der Waals surface area contributed by atoms with Gasteiger partial charge in [0.1, 0.15) is 18.6 Å². The summed E-state index contributed by atoms with van der Waals surface area (Å²) in [5.41, 5.74) is 11.1. The van der Waals surface area contributed by atoms with Crippen molar-refractivity contribution < 1.29 is 24.3 Å². The van der Waals surface area contributed by atoms with Gasteiger partial charge in [0.15, 0.2) is 0 Å². The summed E-state index contributed by atoms with van der Waals surface area (Å²) in [5, 5.41) is 16.2. The number of unbranched alkanes of at least 4 members (excludes halogenated alkanes) is 1. The minimum Gasteiger partial charge on any atom is -0.480 e. The lowest BCUT2D eigenvalue weighted by atomic mass is 9.97. The van der Waals surface area contributed by atoms with Crippen molar-refractivity contribution in [1.82, 2.24) is 16.0 Å². The van der Waals surface area contributed by atoms with Crippen molar-refractivity contribution >= 4 is 36.3 Å². The third-order valence-corrected chi connectivity index (χ3v) is 4.71. The fourth-order valence-corrected chi connectivity index (χ4v) is 2.52. The summed E-state index contributed by atoms with van der Waals surface area (Å²) < 4.78 is 0. The van der Waals surface area contributed by atoms with Crippen LogP contribution in [-0.2, 0) is 19.2 Å². The first-order chi connectivity index (χ1) is 13.2. The number of aliphatic carboxylic acids is 1. The molecule has 11 heteroatoms. The maximum atomic E-state index is 12.7. The van der Waals surface area contributed by atoms with Gasteiger partial charge in [-0.15, -0.1) is 0 Å². The normalized spacial score (nSPS) is 15.0. The van der Waals surface area contributed by atoms with Crippen LogP contribution in [0.3, 0.4) is 0 Å². The van der Waals surface area contributed by atoms with Gasteiger partial charge < -0.3 is 32.5 Å². The van der Waals surface area contributed by atoms with Crippen molar-refractivity contribution in [1.29, 1.82) is 0 Å². The van der Waals surface area contributed by atoms with E-state index in [0.29, 0.717) is 32.2 Å². The zero-order chi connectivity index (χ0) is 21.7. The molecule has 0 saturated heterocycles. The largest absolute Gasteiger partial charge is 0.480 e. The van der Waals surface area contributed by atoms with Gasteiger partial charge in [-0.05, 0) is 31.7 Å². The number of carbonyl (C=O) groups is 4. The fraction of sp³-hybridized carbons (Fsp3) is 0.765. The highest BCUT2D eigenvalue weighted by molar-refractivity contribution is 7.80. The van der Waals surface area contributed by atoms with Gasteiger partial charge in [0.2, 0.25) is 17.7 Å². The summed E-state index contributed by atoms with van der Waals surface area (Å²) in [4.78, 5) is 47.8. The van der Waals surface area contributed by atoms with E-state index in [9.17, 15) is 19.2 Å². The highest BCUT2D eigenvalue weighted by Gasteiger charge is 2.30. The predicted octanol–water partition coefficient (Wildman–Crippen LogP) is -1.41. The second-order valence-electron chi connectivity index (χ2n) is 6.62. The van der Waals surface area contributed by atoms with Crippen molar-refractivity contribution in [2.24, 2.45) is 17.4 Å². The van der Waals surface area contributed by atoms with Gasteiger partial charge in [-0.1, -0.05) is 20.3 Å². The Morgan fingerprint density at radius 2 is 1.71 bits per heavy atom. The van der Waals surface area contributed by atoms with Gasteiger partial charge in [0, 0.05) is 5.75 Å². The van der Waals surface area contributed by atoms with Crippen molar-refractivity contribution in [2.45, 2.75) is 57.7 Å². The Bertz CT molecular complexity index is 534. The molecule has 0 rings (SSSR count). The maximum Gasteiger partial charge on any atom is 0.322 e. The summed E-state index contributed by atoms with van der Waals surface area (Å²) in [6.07, 6.45) is 2.19. The number of hydrogen-bond donors (Lipinski definition) is 7. The molecular formula is C17H33N5O5S. The molecule has 0 aromatic carbocycles. The van der Waals surface area contributed by atoms with Crippen LogP contribution >= 0.6 is 12.6 Å². The second kappa shape index (κ2) is 14.2. The molecule has 0 spiro atoms. The molecule has 3 amide bonds. The third kappa shape index (κ3) is 9.90. The Kier molecular flexibility index (Phi) is 13.3. The number of carboxylic acid groups (broad SMARTS) is 1. The van der Waals surface area contributed by atoms with Gasteiger partial charge in [0.05, 0.1) is 6.04 Å². The highest BCUT2D eigenvalue weighted by atomic mass is 32.1. The van der Waals surface area contributed by atoms with Crippen LogP contribution in [0.5, 0.6) is 0 Å². The molecule has 28 heavy (non-hydrogen) atoms. The number of nitrogens with one attached hydrogen (secondary N) is 3. The summed E-state index contributed by atoms with van der Waals surface area (Å²) >= 11 is 3.97. The van der Waals surface area contributed by atoms with Crippen LogP contribution in [0, 0.1) is 5.92 Å². The molecular weight excluding hydrogens is 386 g/mol. The number of carboxylic acids is 1. The number of rotatable bonds is 14. The average molecular weight is 420 g/mol. The Morgan fingerprint density at radius 3 is 2.21 bits per heavy atom. The maximum absolute atomic E-state index is 12.7. The van der Waals surface area contributed by atoms with Gasteiger partial charge in [0.25, 0.3) is 0 Å². The zero-order valence-corrected chi connectivity index (χ0v) is 17.3. The first-order valence-electron chi connectivity index (χ1n) is 9.34. The van der Waals surface area contributed by atoms with Gasteiger partial charge >= 0.3 is 5.97 Å². The average Bonchev–Trinajstić information content (AvgIpc) is 2.67. The van der Waals surface area contributed by atoms with Crippen molar-refractivity contribution in [3.63, 3.8) is 0 Å². The Hall–Kier alpha value is -1.85. The fourth-order valence-electron chi connectivity index (χ4n) is 2.35. The van der Waals surface area contributed by atoms with Crippen LogP contribution < -0.4 is 27.4 Å². The number of carbonyl (C=O) groups excluding carboxylic acids is 3. The van der Waals surface area contributed by atoms with E-state index in [1.165, 1.54) is 0 Å². The van der Waals surface area contributed by atoms with Crippen molar-refractivity contribution in [3.8, 4) is 0 Å². The molecule has 0 bridgehead atoms. The van der Waals surface area contributed by atoms with Crippen LogP contribution in [-0.4, -0.2) is 65.8 Å². The molecule has 10 nitrogen and oxygen atoms in total. The molecule has 0 saturated carbocycles. The monoisotopic (exact) mass is 419 g/mol. The lowest BCUT2D eigenvalue weighted by Gasteiger charge is -2.26. The van der Waals surface area contributed by atoms with Crippen molar-refractivity contribution in [3.05, 3.63) is 0 Å². The van der Waals surface area contributed by atoms with Gasteiger partial charge in [-0.3, -0.25) is 19.2 Å². The molecule has 0 heterocycles. The Labute approximate surface area is 171 Å². The van der Waals surface area contributed by atoms with E-state index in [0.717, 1.165) is 0 Å². The predicted molar refractivity (Wildman–Crippen MR) is 109 cm³/mol. The van der Waals surface area contributed by atoms with E-state index in [-0.39, 0.29) is 11.7 Å². The summed E-state index contributed by atoms with van der Waals surface area (Å²) in [7, 11) is 0. The minimum atomic E-state index is -1.18. The molecule has 0 aliphatic heterocycles. The first-order valence-corrected chi connectivity index (χ1v) is 9.97. The molecule has 8 N–H and O–H groups in total. The van der Waals surface area contributed by atoms with E-state index in [4.69, 9.17) is 16.6 Å². The molecule has 4 unspecified atom stereocenters. The highest BCUT2D eigenvalue weighted by Crippen LogP contribution is 2.10. The quantitative estimate of drug-likeness (QED) is 0.134. The molecule has 0 aliphatic rings. The van der Waals surface area contributed by atoms with E-state index in [1.54, 1.807) is 6.92 Å². The lowest BCUT2D eigenvalue weighted by molar-refractivity contribution is -0.139. The molecule has 0 aromatic heterocycles. The third-order valence-electron chi connectivity index (χ3n) is 4.32. The topological polar surface area (TPSA) is 177 Å². The van der Waals surface area contributed by atoms with Crippen LogP contribution in [0.1, 0.15) is 39.5 Å². The lowest BCUT2D eigenvalue weighted by Crippen LogP contribution is -2.57. The van der Waals surface area contributed by atoms with Gasteiger partial charge in [-0.25, -0.2) is 0 Å². The van der Waals surface area contributed by atoms with E-state index in [1.807, 2.05) is 6.92 Å². The second-order valence-corrected chi connectivity index (χ2v) is 6.98. The Balaban J connectivity index is 5.22. The van der Waals surface area contributed by atoms with Crippen LogP contribution in [0.2, 0.25) is 0 Å².